The summed E-state index contributed by atoms with van der Waals surface area (Å²) in [5.74, 6) is -4.98. The molecule has 1 N–H and O–H groups in total. The van der Waals surface area contributed by atoms with Crippen molar-refractivity contribution in [2.24, 2.45) is 4.99 Å². The molecule has 2 atom stereocenters. The van der Waals surface area contributed by atoms with Crippen LogP contribution in [0.15, 0.2) is 40.0 Å². The number of hydrogen-bond acceptors (Lipinski definition) is 10. The lowest BCUT2D eigenvalue weighted by molar-refractivity contribution is -0.136. The molecule has 2 aliphatic rings. The van der Waals surface area contributed by atoms with Crippen LogP contribution in [0, 0.1) is 17.5 Å². The first-order chi connectivity index (χ1) is 17.4. The minimum Gasteiger partial charge on any atom is -0.468 e. The zero-order chi connectivity index (χ0) is 25.7. The molecule has 0 aliphatic carbocycles. The number of thiazole rings is 1. The van der Waals surface area contributed by atoms with E-state index in [4.69, 9.17) is 14.2 Å². The van der Waals surface area contributed by atoms with E-state index < -0.39 is 29.5 Å². The van der Waals surface area contributed by atoms with Gasteiger partial charge in [-0.2, -0.15) is 0 Å². The van der Waals surface area contributed by atoms with Gasteiger partial charge in [-0.25, -0.2) is 22.9 Å². The number of ether oxygens (including phenoxy) is 3. The van der Waals surface area contributed by atoms with Crippen molar-refractivity contribution in [2.75, 3.05) is 40.0 Å². The van der Waals surface area contributed by atoms with Crippen molar-refractivity contribution in [3.05, 3.63) is 63.0 Å². The second kappa shape index (κ2) is 11.6. The highest BCUT2D eigenvalue weighted by Gasteiger charge is 2.36. The average Bonchev–Trinajstić information content (AvgIpc) is 3.42. The van der Waals surface area contributed by atoms with E-state index in [-0.39, 0.29) is 36.2 Å². The van der Waals surface area contributed by atoms with Crippen molar-refractivity contribution >= 4 is 29.6 Å². The van der Waals surface area contributed by atoms with E-state index >= 15 is 0 Å². The van der Waals surface area contributed by atoms with E-state index in [0.717, 1.165) is 12.1 Å². The number of aliphatic imine (C=N–C) groups is 1. The lowest BCUT2D eigenvalue weighted by Gasteiger charge is -2.35. The number of carbonyl (C=O) groups excluding carboxylic acids is 2. The first-order valence-corrected chi connectivity index (χ1v) is 11.9. The minimum absolute atomic E-state index is 0.0324. The summed E-state index contributed by atoms with van der Waals surface area (Å²) in [7, 11) is 1.17. The summed E-state index contributed by atoms with van der Waals surface area (Å²) in [6.07, 6.45) is 1.83. The second-order valence-electron chi connectivity index (χ2n) is 7.97. The van der Waals surface area contributed by atoms with Gasteiger partial charge in [0.1, 0.15) is 6.04 Å². The van der Waals surface area contributed by atoms with Gasteiger partial charge in [-0.15, -0.1) is 11.3 Å². The van der Waals surface area contributed by atoms with Gasteiger partial charge >= 0.3 is 5.97 Å². The Hall–Kier alpha value is -3.29. The fourth-order valence-electron chi connectivity index (χ4n) is 4.07. The van der Waals surface area contributed by atoms with E-state index in [0.29, 0.717) is 43.3 Å². The van der Waals surface area contributed by atoms with E-state index in [9.17, 15) is 22.8 Å². The van der Waals surface area contributed by atoms with Crippen molar-refractivity contribution in [1.82, 2.24) is 15.2 Å². The summed E-state index contributed by atoms with van der Waals surface area (Å²) >= 11 is 1.26. The average molecular weight is 525 g/mol. The van der Waals surface area contributed by atoms with Gasteiger partial charge in [0.15, 0.2) is 28.3 Å². The molecule has 1 fully saturated rings. The smallest absolute Gasteiger partial charge is 0.338 e. The first-order valence-electron chi connectivity index (χ1n) is 11.0. The maximum absolute atomic E-state index is 14.9. The van der Waals surface area contributed by atoms with Gasteiger partial charge in [0, 0.05) is 48.9 Å². The molecule has 4 rings (SSSR count). The molecule has 1 aromatic heterocycles. The number of benzene rings is 1. The predicted octanol–water partition coefficient (Wildman–Crippen LogP) is 2.34. The molecule has 0 bridgehead atoms. The highest BCUT2D eigenvalue weighted by molar-refractivity contribution is 7.11. The molecule has 3 heterocycles. The van der Waals surface area contributed by atoms with Gasteiger partial charge in [-0.05, 0) is 6.07 Å². The largest absolute Gasteiger partial charge is 0.468 e. The van der Waals surface area contributed by atoms with Crippen molar-refractivity contribution in [1.29, 1.82) is 0 Å². The second-order valence-corrected chi connectivity index (χ2v) is 8.87. The lowest BCUT2D eigenvalue weighted by Crippen LogP contribution is -2.46. The van der Waals surface area contributed by atoms with Crippen LogP contribution in [0.1, 0.15) is 23.0 Å². The third-order valence-electron chi connectivity index (χ3n) is 5.76. The third kappa shape index (κ3) is 5.58. The van der Waals surface area contributed by atoms with E-state index in [1.807, 2.05) is 4.90 Å². The summed E-state index contributed by atoms with van der Waals surface area (Å²) in [6, 6.07) is 0.544. The first kappa shape index (κ1) is 25.8. The molecule has 13 heteroatoms. The number of methoxy groups -OCH3 is 1. The van der Waals surface area contributed by atoms with Crippen molar-refractivity contribution in [3.8, 4) is 0 Å². The summed E-state index contributed by atoms with van der Waals surface area (Å²) in [4.78, 5) is 34.0. The van der Waals surface area contributed by atoms with Crippen LogP contribution >= 0.6 is 11.3 Å². The lowest BCUT2D eigenvalue weighted by atomic mass is 9.94. The molecule has 0 radical (unpaired) electrons. The summed E-state index contributed by atoms with van der Waals surface area (Å²) in [6.45, 7) is 2.17. The van der Waals surface area contributed by atoms with Gasteiger partial charge < -0.3 is 19.5 Å². The molecule has 0 spiro atoms. The van der Waals surface area contributed by atoms with Crippen LogP contribution in [-0.4, -0.2) is 74.2 Å². The molecule has 36 heavy (non-hydrogen) atoms. The Morgan fingerprint density at radius 1 is 1.33 bits per heavy atom. The molecule has 1 saturated heterocycles. The maximum atomic E-state index is 14.9. The van der Waals surface area contributed by atoms with E-state index in [1.165, 1.54) is 18.4 Å². The normalized spacial score (nSPS) is 20.5. The van der Waals surface area contributed by atoms with Gasteiger partial charge in [-0.1, -0.05) is 6.07 Å². The zero-order valence-electron chi connectivity index (χ0n) is 19.2. The summed E-state index contributed by atoms with van der Waals surface area (Å²) in [5.41, 5.74) is 0.0178. The quantitative estimate of drug-likeness (QED) is 0.231. The Bertz CT molecular complexity index is 1170. The Morgan fingerprint density at radius 2 is 2.17 bits per heavy atom. The number of rotatable bonds is 9. The molecule has 2 aliphatic heterocycles. The maximum Gasteiger partial charge on any atom is 0.338 e. The molecular weight excluding hydrogens is 501 g/mol. The number of halogens is 3. The summed E-state index contributed by atoms with van der Waals surface area (Å²) in [5, 5.41) is 5.30. The topological polar surface area (TPSA) is 102 Å². The molecule has 192 valence electrons. The number of carbonyl (C=O) groups is 2. The number of nitrogens with one attached hydrogen (secondary N) is 1. The number of esters is 1. The van der Waals surface area contributed by atoms with Crippen LogP contribution in [0.2, 0.25) is 0 Å². The molecule has 0 saturated carbocycles. The standard InChI is InChI=1S/C23H23F3N4O5S/c1-33-23(32)17-16(11-30-6-8-35-13(10-30)4-7-34-12-31)28-21(22-27-5-9-36-22)29-20(17)14-2-3-15(24)19(26)18(14)25/h2-3,5,9,12-13,20H,4,6-8,10-11H2,1H3,(H,28,29)/t13-,20-/m0/s1. The van der Waals surface area contributed by atoms with Gasteiger partial charge in [-0.3, -0.25) is 14.7 Å². The van der Waals surface area contributed by atoms with Crippen LogP contribution in [0.3, 0.4) is 0 Å². The molecule has 9 nitrogen and oxygen atoms in total. The number of aromatic nitrogens is 1. The van der Waals surface area contributed by atoms with E-state index in [1.54, 1.807) is 11.6 Å². The fraction of sp³-hybridized carbons (Fsp3) is 0.391. The monoisotopic (exact) mass is 524 g/mol. The third-order valence-corrected chi connectivity index (χ3v) is 6.54. The van der Waals surface area contributed by atoms with Crippen LogP contribution < -0.4 is 5.32 Å². The number of nitrogens with zero attached hydrogens (tertiary/aromatic N) is 3. The Labute approximate surface area is 208 Å². The van der Waals surface area contributed by atoms with Gasteiger partial charge in [0.25, 0.3) is 6.47 Å². The minimum atomic E-state index is -1.66. The molecule has 2 aromatic rings. The molecular formula is C23H23F3N4O5S. The highest BCUT2D eigenvalue weighted by Crippen LogP contribution is 2.35. The Kier molecular flexibility index (Phi) is 8.33. The zero-order valence-corrected chi connectivity index (χ0v) is 20.0. The van der Waals surface area contributed by atoms with Gasteiger partial charge in [0.2, 0.25) is 0 Å². The van der Waals surface area contributed by atoms with Gasteiger partial charge in [0.05, 0.1) is 32.0 Å². The van der Waals surface area contributed by atoms with Crippen LogP contribution in [0.4, 0.5) is 13.2 Å². The molecule has 1 aromatic carbocycles. The van der Waals surface area contributed by atoms with Crippen LogP contribution in [-0.2, 0) is 23.8 Å². The number of morpholine rings is 1. The molecule has 0 amide bonds. The predicted molar refractivity (Wildman–Crippen MR) is 123 cm³/mol. The van der Waals surface area contributed by atoms with Crippen LogP contribution in [0.25, 0.3) is 0 Å². The SMILES string of the molecule is COC(=O)C1=C(CN2CCO[C@@H](CCOC=O)C2)NC(c2nccs2)=N[C@H]1c1ccc(F)c(F)c1F. The summed E-state index contributed by atoms with van der Waals surface area (Å²) < 4.78 is 58.1. The van der Waals surface area contributed by atoms with Crippen molar-refractivity contribution in [2.45, 2.75) is 18.6 Å². The molecule has 0 unspecified atom stereocenters. The Morgan fingerprint density at radius 3 is 2.89 bits per heavy atom. The van der Waals surface area contributed by atoms with Crippen molar-refractivity contribution < 1.29 is 37.0 Å². The van der Waals surface area contributed by atoms with Crippen molar-refractivity contribution in [3.63, 3.8) is 0 Å². The number of amidine groups is 1. The fourth-order valence-corrected chi connectivity index (χ4v) is 4.65. The Balaban J connectivity index is 1.72. The van der Waals surface area contributed by atoms with E-state index in [2.05, 4.69) is 15.3 Å². The highest BCUT2D eigenvalue weighted by atomic mass is 32.1. The van der Waals surface area contributed by atoms with Crippen LogP contribution in [0.5, 0.6) is 0 Å². The number of hydrogen-bond donors (Lipinski definition) is 1.